The summed E-state index contributed by atoms with van der Waals surface area (Å²) in [5.41, 5.74) is 4.81. The Morgan fingerprint density at radius 3 is 2.27 bits per heavy atom. The van der Waals surface area contributed by atoms with Crippen molar-refractivity contribution in [3.8, 4) is 16.9 Å². The van der Waals surface area contributed by atoms with E-state index in [1.165, 1.54) is 18.2 Å². The summed E-state index contributed by atoms with van der Waals surface area (Å²) in [6.07, 6.45) is -0.904. The van der Waals surface area contributed by atoms with Crippen LogP contribution in [0.4, 0.5) is 9.18 Å². The molecule has 33 heavy (non-hydrogen) atoms. The molecule has 1 atom stereocenters. The molecule has 0 saturated carbocycles. The first-order chi connectivity index (χ1) is 16.0. The molecule has 4 rings (SSSR count). The molecule has 1 aliphatic carbocycles. The standard InChI is InChI=1S/C26H24FNO5/c1-2-32-24-14-17(27)12-11-16(24)13-23(25(29)30)28-26(31)33-15-22-20-9-5-3-7-18(20)19-8-4-6-10-21(19)22/h3-12,14,22-23H,2,13,15H2,1H3,(H,28,31)(H,29,30). The molecule has 6 nitrogen and oxygen atoms in total. The number of aliphatic carboxylic acids is 1. The molecule has 1 unspecified atom stereocenters. The SMILES string of the molecule is CCOc1cc(F)ccc1CC(NC(=O)OCC1c2ccccc2-c2ccccc21)C(=O)O. The summed E-state index contributed by atoms with van der Waals surface area (Å²) in [7, 11) is 0. The van der Waals surface area contributed by atoms with E-state index in [9.17, 15) is 19.1 Å². The molecule has 3 aromatic rings. The van der Waals surface area contributed by atoms with Crippen molar-refractivity contribution in [3.05, 3.63) is 89.2 Å². The van der Waals surface area contributed by atoms with Crippen molar-refractivity contribution in [1.29, 1.82) is 0 Å². The molecule has 0 bridgehead atoms. The molecule has 2 N–H and O–H groups in total. The van der Waals surface area contributed by atoms with Gasteiger partial charge in [0, 0.05) is 18.4 Å². The summed E-state index contributed by atoms with van der Waals surface area (Å²) in [4.78, 5) is 24.3. The quantitative estimate of drug-likeness (QED) is 0.518. The molecule has 0 saturated heterocycles. The fraction of sp³-hybridized carbons (Fsp3) is 0.231. The van der Waals surface area contributed by atoms with Crippen LogP contribution < -0.4 is 10.1 Å². The lowest BCUT2D eigenvalue weighted by Gasteiger charge is -2.18. The first-order valence-corrected chi connectivity index (χ1v) is 10.7. The van der Waals surface area contributed by atoms with Crippen LogP contribution >= 0.6 is 0 Å². The summed E-state index contributed by atoms with van der Waals surface area (Å²) in [5.74, 6) is -1.60. The van der Waals surface area contributed by atoms with E-state index in [2.05, 4.69) is 5.32 Å². The van der Waals surface area contributed by atoms with Crippen LogP contribution in [0, 0.1) is 5.82 Å². The number of benzene rings is 3. The number of hydrogen-bond donors (Lipinski definition) is 2. The van der Waals surface area contributed by atoms with Crippen molar-refractivity contribution in [2.45, 2.75) is 25.3 Å². The Kier molecular flexibility index (Phi) is 6.58. The second-order valence-corrected chi connectivity index (χ2v) is 7.75. The largest absolute Gasteiger partial charge is 0.493 e. The van der Waals surface area contributed by atoms with Crippen molar-refractivity contribution in [1.82, 2.24) is 5.32 Å². The summed E-state index contributed by atoms with van der Waals surface area (Å²) in [5, 5.41) is 12.0. The summed E-state index contributed by atoms with van der Waals surface area (Å²) in [6, 6.07) is 18.5. The number of amides is 1. The number of carboxylic acids is 1. The second-order valence-electron chi connectivity index (χ2n) is 7.75. The lowest BCUT2D eigenvalue weighted by atomic mass is 9.98. The minimum absolute atomic E-state index is 0.0743. The van der Waals surface area contributed by atoms with E-state index in [1.807, 2.05) is 48.5 Å². The maximum atomic E-state index is 13.5. The molecule has 1 amide bonds. The van der Waals surface area contributed by atoms with Crippen LogP contribution in [-0.4, -0.2) is 36.4 Å². The van der Waals surface area contributed by atoms with Crippen LogP contribution in [0.2, 0.25) is 0 Å². The topological polar surface area (TPSA) is 84.9 Å². The molecule has 0 aliphatic heterocycles. The van der Waals surface area contributed by atoms with E-state index in [-0.39, 0.29) is 24.7 Å². The van der Waals surface area contributed by atoms with Crippen LogP contribution in [0.25, 0.3) is 11.1 Å². The van der Waals surface area contributed by atoms with Gasteiger partial charge in [0.15, 0.2) is 0 Å². The molecule has 1 aliphatic rings. The molecule has 0 heterocycles. The summed E-state index contributed by atoms with van der Waals surface area (Å²) in [6.45, 7) is 2.12. The number of carboxylic acid groups (broad SMARTS) is 1. The maximum Gasteiger partial charge on any atom is 0.407 e. The number of halogens is 1. The molecule has 0 radical (unpaired) electrons. The van der Waals surface area contributed by atoms with Gasteiger partial charge in [0.1, 0.15) is 24.2 Å². The molecular formula is C26H24FNO5. The third-order valence-electron chi connectivity index (χ3n) is 5.69. The van der Waals surface area contributed by atoms with E-state index in [1.54, 1.807) is 6.92 Å². The lowest BCUT2D eigenvalue weighted by Crippen LogP contribution is -2.43. The van der Waals surface area contributed by atoms with Crippen molar-refractivity contribution in [3.63, 3.8) is 0 Å². The summed E-state index contributed by atoms with van der Waals surface area (Å²) >= 11 is 0. The van der Waals surface area contributed by atoms with E-state index < -0.39 is 23.9 Å². The van der Waals surface area contributed by atoms with E-state index in [0.29, 0.717) is 12.2 Å². The van der Waals surface area contributed by atoms with Gasteiger partial charge in [-0.3, -0.25) is 0 Å². The molecule has 0 spiro atoms. The number of ether oxygens (including phenoxy) is 2. The lowest BCUT2D eigenvalue weighted by molar-refractivity contribution is -0.139. The van der Waals surface area contributed by atoms with Gasteiger partial charge in [0.05, 0.1) is 6.61 Å². The Balaban J connectivity index is 1.44. The predicted molar refractivity (Wildman–Crippen MR) is 121 cm³/mol. The zero-order valence-corrected chi connectivity index (χ0v) is 18.1. The number of hydrogen-bond acceptors (Lipinski definition) is 4. The number of carbonyl (C=O) groups is 2. The molecule has 170 valence electrons. The molecule has 0 fully saturated rings. The van der Waals surface area contributed by atoms with Crippen LogP contribution in [0.1, 0.15) is 29.5 Å². The van der Waals surface area contributed by atoms with Gasteiger partial charge in [-0.25, -0.2) is 14.0 Å². The average Bonchev–Trinajstić information content (AvgIpc) is 3.13. The van der Waals surface area contributed by atoms with Crippen LogP contribution in [0.15, 0.2) is 66.7 Å². The highest BCUT2D eigenvalue weighted by molar-refractivity contribution is 5.81. The van der Waals surface area contributed by atoms with Gasteiger partial charge in [-0.1, -0.05) is 54.6 Å². The Morgan fingerprint density at radius 2 is 1.67 bits per heavy atom. The minimum Gasteiger partial charge on any atom is -0.493 e. The first-order valence-electron chi connectivity index (χ1n) is 10.7. The van der Waals surface area contributed by atoms with Gasteiger partial charge < -0.3 is 19.9 Å². The highest BCUT2D eigenvalue weighted by atomic mass is 19.1. The highest BCUT2D eigenvalue weighted by Gasteiger charge is 2.30. The van der Waals surface area contributed by atoms with Gasteiger partial charge >= 0.3 is 12.1 Å². The van der Waals surface area contributed by atoms with Gasteiger partial charge in [-0.05, 0) is 40.8 Å². The predicted octanol–water partition coefficient (Wildman–Crippen LogP) is 4.76. The third-order valence-corrected chi connectivity index (χ3v) is 5.69. The normalized spacial score (nSPS) is 13.0. The number of alkyl carbamates (subject to hydrolysis) is 1. The van der Waals surface area contributed by atoms with E-state index in [4.69, 9.17) is 9.47 Å². The Morgan fingerprint density at radius 1 is 1.03 bits per heavy atom. The van der Waals surface area contributed by atoms with Crippen molar-refractivity contribution in [2.75, 3.05) is 13.2 Å². The minimum atomic E-state index is -1.26. The first kappa shape index (κ1) is 22.3. The van der Waals surface area contributed by atoms with Crippen molar-refractivity contribution < 1.29 is 28.6 Å². The Bertz CT molecular complexity index is 1130. The number of fused-ring (bicyclic) bond motifs is 3. The van der Waals surface area contributed by atoms with E-state index >= 15 is 0 Å². The van der Waals surface area contributed by atoms with E-state index in [0.717, 1.165) is 22.3 Å². The molecular weight excluding hydrogens is 425 g/mol. The number of carbonyl (C=O) groups excluding carboxylic acids is 1. The molecule has 3 aromatic carbocycles. The molecule has 0 aromatic heterocycles. The van der Waals surface area contributed by atoms with Crippen molar-refractivity contribution in [2.24, 2.45) is 0 Å². The van der Waals surface area contributed by atoms with Gasteiger partial charge in [-0.15, -0.1) is 0 Å². The highest BCUT2D eigenvalue weighted by Crippen LogP contribution is 2.44. The van der Waals surface area contributed by atoms with Gasteiger partial charge in [0.2, 0.25) is 0 Å². The fourth-order valence-electron chi connectivity index (χ4n) is 4.19. The monoisotopic (exact) mass is 449 g/mol. The van der Waals surface area contributed by atoms with Crippen LogP contribution in [0.3, 0.4) is 0 Å². The van der Waals surface area contributed by atoms with Crippen molar-refractivity contribution >= 4 is 12.1 Å². The molecule has 7 heteroatoms. The Labute approximate surface area is 191 Å². The van der Waals surface area contributed by atoms with Gasteiger partial charge in [-0.2, -0.15) is 0 Å². The zero-order valence-electron chi connectivity index (χ0n) is 18.1. The fourth-order valence-corrected chi connectivity index (χ4v) is 4.19. The van der Waals surface area contributed by atoms with Gasteiger partial charge in [0.25, 0.3) is 0 Å². The average molecular weight is 449 g/mol. The smallest absolute Gasteiger partial charge is 0.407 e. The number of rotatable bonds is 8. The third kappa shape index (κ3) is 4.82. The maximum absolute atomic E-state index is 13.5. The van der Waals surface area contributed by atoms with Crippen LogP contribution in [-0.2, 0) is 16.0 Å². The van der Waals surface area contributed by atoms with Crippen LogP contribution in [0.5, 0.6) is 5.75 Å². The second kappa shape index (κ2) is 9.73. The zero-order chi connectivity index (χ0) is 23.4. The summed E-state index contributed by atoms with van der Waals surface area (Å²) < 4.78 is 24.4. The number of nitrogens with one attached hydrogen (secondary N) is 1. The Hall–Kier alpha value is -3.87.